The molecule has 0 saturated carbocycles. The smallest absolute Gasteiger partial charge is 0.0781 e. The molecule has 3 unspecified atom stereocenters. The van der Waals surface area contributed by atoms with Gasteiger partial charge in [-0.3, -0.25) is 0 Å². The largest absolute Gasteiger partial charge is 0.394 e. The van der Waals surface area contributed by atoms with E-state index >= 15 is 0 Å². The fraction of sp³-hybridized carbons (Fsp3) is 0.571. The highest BCUT2D eigenvalue weighted by molar-refractivity contribution is 5.56. The summed E-state index contributed by atoms with van der Waals surface area (Å²) in [6.07, 6.45) is 0.626. The standard InChI is InChI=1S/C14H21NO2/c1-10-7-8-15(14(10)9-16)13-6-4-3-5-12(13)11(2)17/h3-6,10-11,14,16-17H,7-9H2,1-2H3. The van der Waals surface area contributed by atoms with Crippen LogP contribution in [0.5, 0.6) is 0 Å². The van der Waals surface area contributed by atoms with Crippen molar-refractivity contribution in [2.75, 3.05) is 18.1 Å². The maximum absolute atomic E-state index is 9.80. The molecule has 0 amide bonds. The predicted octanol–water partition coefficient (Wildman–Crippen LogP) is 1.95. The SMILES string of the molecule is CC(O)c1ccccc1N1CCC(C)C1CO. The molecule has 1 saturated heterocycles. The summed E-state index contributed by atoms with van der Waals surface area (Å²) >= 11 is 0. The van der Waals surface area contributed by atoms with Crippen molar-refractivity contribution < 1.29 is 10.2 Å². The minimum atomic E-state index is -0.471. The first-order chi connectivity index (χ1) is 8.15. The maximum Gasteiger partial charge on any atom is 0.0781 e. The fourth-order valence-electron chi connectivity index (χ4n) is 2.69. The molecule has 1 aromatic rings. The average molecular weight is 235 g/mol. The molecule has 3 heteroatoms. The van der Waals surface area contributed by atoms with E-state index < -0.39 is 6.10 Å². The van der Waals surface area contributed by atoms with Crippen molar-refractivity contribution in [2.24, 2.45) is 5.92 Å². The lowest BCUT2D eigenvalue weighted by Gasteiger charge is -2.30. The Balaban J connectivity index is 2.33. The van der Waals surface area contributed by atoms with Gasteiger partial charge in [0.05, 0.1) is 18.8 Å². The van der Waals surface area contributed by atoms with E-state index in [1.165, 1.54) is 0 Å². The van der Waals surface area contributed by atoms with E-state index in [2.05, 4.69) is 11.8 Å². The van der Waals surface area contributed by atoms with E-state index in [0.717, 1.165) is 24.2 Å². The zero-order valence-corrected chi connectivity index (χ0v) is 10.5. The van der Waals surface area contributed by atoms with E-state index in [4.69, 9.17) is 0 Å². The third-order valence-corrected chi connectivity index (χ3v) is 3.77. The summed E-state index contributed by atoms with van der Waals surface area (Å²) < 4.78 is 0. The fourth-order valence-corrected chi connectivity index (χ4v) is 2.69. The first kappa shape index (κ1) is 12.4. The Kier molecular flexibility index (Phi) is 3.69. The number of hydrogen-bond donors (Lipinski definition) is 2. The summed E-state index contributed by atoms with van der Waals surface area (Å²) in [5.74, 6) is 0.502. The Morgan fingerprint density at radius 3 is 2.76 bits per heavy atom. The van der Waals surface area contributed by atoms with Gasteiger partial charge in [-0.15, -0.1) is 0 Å². The first-order valence-electron chi connectivity index (χ1n) is 6.29. The molecule has 1 aliphatic heterocycles. The van der Waals surface area contributed by atoms with Crippen LogP contribution < -0.4 is 4.90 Å². The lowest BCUT2D eigenvalue weighted by Crippen LogP contribution is -2.35. The molecule has 3 atom stereocenters. The third kappa shape index (κ3) is 2.31. The van der Waals surface area contributed by atoms with Crippen LogP contribution >= 0.6 is 0 Å². The second kappa shape index (κ2) is 5.07. The number of rotatable bonds is 3. The molecule has 0 spiro atoms. The van der Waals surface area contributed by atoms with Gasteiger partial charge in [-0.1, -0.05) is 25.1 Å². The Morgan fingerprint density at radius 1 is 1.41 bits per heavy atom. The first-order valence-corrected chi connectivity index (χ1v) is 6.29. The zero-order valence-electron chi connectivity index (χ0n) is 10.5. The van der Waals surface area contributed by atoms with Crippen molar-refractivity contribution >= 4 is 5.69 Å². The summed E-state index contributed by atoms with van der Waals surface area (Å²) in [7, 11) is 0. The number of anilines is 1. The van der Waals surface area contributed by atoms with Crippen molar-refractivity contribution in [1.29, 1.82) is 0 Å². The predicted molar refractivity (Wildman–Crippen MR) is 69.1 cm³/mol. The number of aliphatic hydroxyl groups is 2. The zero-order chi connectivity index (χ0) is 12.4. The van der Waals surface area contributed by atoms with Crippen LogP contribution in [0.15, 0.2) is 24.3 Å². The van der Waals surface area contributed by atoms with Crippen LogP contribution in [-0.4, -0.2) is 29.4 Å². The van der Waals surface area contributed by atoms with Gasteiger partial charge in [0, 0.05) is 17.8 Å². The topological polar surface area (TPSA) is 43.7 Å². The lowest BCUT2D eigenvalue weighted by molar-refractivity contribution is 0.199. The van der Waals surface area contributed by atoms with Crippen LogP contribution in [0.25, 0.3) is 0 Å². The van der Waals surface area contributed by atoms with E-state index in [1.54, 1.807) is 6.92 Å². The quantitative estimate of drug-likeness (QED) is 0.841. The molecule has 0 aromatic heterocycles. The van der Waals surface area contributed by atoms with Crippen LogP contribution in [0.2, 0.25) is 0 Å². The third-order valence-electron chi connectivity index (χ3n) is 3.77. The van der Waals surface area contributed by atoms with Gasteiger partial charge in [-0.2, -0.15) is 0 Å². The van der Waals surface area contributed by atoms with E-state index in [0.29, 0.717) is 5.92 Å². The number of nitrogens with zero attached hydrogens (tertiary/aromatic N) is 1. The number of aliphatic hydroxyl groups excluding tert-OH is 2. The number of para-hydroxylation sites is 1. The monoisotopic (exact) mass is 235 g/mol. The van der Waals surface area contributed by atoms with Gasteiger partial charge in [0.15, 0.2) is 0 Å². The molecule has 1 aromatic carbocycles. The summed E-state index contributed by atoms with van der Waals surface area (Å²) in [4.78, 5) is 2.23. The highest BCUT2D eigenvalue weighted by Crippen LogP contribution is 2.34. The average Bonchev–Trinajstić information content (AvgIpc) is 2.70. The highest BCUT2D eigenvalue weighted by Gasteiger charge is 2.31. The van der Waals surface area contributed by atoms with Gasteiger partial charge in [0.25, 0.3) is 0 Å². The summed E-state index contributed by atoms with van der Waals surface area (Å²) in [5, 5.41) is 19.3. The maximum atomic E-state index is 9.80. The second-order valence-corrected chi connectivity index (χ2v) is 4.94. The van der Waals surface area contributed by atoms with E-state index in [1.807, 2.05) is 24.3 Å². The summed E-state index contributed by atoms with van der Waals surface area (Å²) in [5.41, 5.74) is 2.01. The van der Waals surface area contributed by atoms with Gasteiger partial charge in [0.2, 0.25) is 0 Å². The molecule has 1 aliphatic rings. The molecule has 0 bridgehead atoms. The highest BCUT2D eigenvalue weighted by atomic mass is 16.3. The molecule has 1 heterocycles. The van der Waals surface area contributed by atoms with Gasteiger partial charge >= 0.3 is 0 Å². The van der Waals surface area contributed by atoms with Crippen LogP contribution in [0.1, 0.15) is 31.9 Å². The van der Waals surface area contributed by atoms with Gasteiger partial charge in [-0.25, -0.2) is 0 Å². The molecule has 3 nitrogen and oxygen atoms in total. The van der Waals surface area contributed by atoms with Crippen molar-refractivity contribution in [3.63, 3.8) is 0 Å². The second-order valence-electron chi connectivity index (χ2n) is 4.94. The molecule has 2 rings (SSSR count). The number of hydrogen-bond acceptors (Lipinski definition) is 3. The lowest BCUT2D eigenvalue weighted by atomic mass is 10.0. The minimum absolute atomic E-state index is 0.176. The Morgan fingerprint density at radius 2 is 2.12 bits per heavy atom. The molecule has 0 aliphatic carbocycles. The minimum Gasteiger partial charge on any atom is -0.394 e. The van der Waals surface area contributed by atoms with Gasteiger partial charge in [0.1, 0.15) is 0 Å². The molecular weight excluding hydrogens is 214 g/mol. The van der Waals surface area contributed by atoms with E-state index in [-0.39, 0.29) is 12.6 Å². The normalized spacial score (nSPS) is 26.2. The van der Waals surface area contributed by atoms with Crippen LogP contribution in [0.3, 0.4) is 0 Å². The van der Waals surface area contributed by atoms with E-state index in [9.17, 15) is 10.2 Å². The van der Waals surface area contributed by atoms with Crippen LogP contribution in [0, 0.1) is 5.92 Å². The van der Waals surface area contributed by atoms with Gasteiger partial charge in [-0.05, 0) is 25.3 Å². The molecular formula is C14H21NO2. The summed E-state index contributed by atoms with van der Waals surface area (Å²) in [6.45, 7) is 5.09. The van der Waals surface area contributed by atoms with Crippen molar-refractivity contribution in [3.8, 4) is 0 Å². The Hall–Kier alpha value is -1.06. The van der Waals surface area contributed by atoms with Gasteiger partial charge < -0.3 is 15.1 Å². The summed E-state index contributed by atoms with van der Waals surface area (Å²) in [6, 6.07) is 8.09. The molecule has 0 radical (unpaired) electrons. The Bertz CT molecular complexity index is 378. The molecule has 2 N–H and O–H groups in total. The van der Waals surface area contributed by atoms with Crippen LogP contribution in [0.4, 0.5) is 5.69 Å². The molecule has 94 valence electrons. The van der Waals surface area contributed by atoms with Crippen molar-refractivity contribution in [1.82, 2.24) is 0 Å². The Labute approximate surface area is 103 Å². The van der Waals surface area contributed by atoms with Crippen molar-refractivity contribution in [2.45, 2.75) is 32.4 Å². The molecule has 1 fully saturated rings. The van der Waals surface area contributed by atoms with Crippen molar-refractivity contribution in [3.05, 3.63) is 29.8 Å². The van der Waals surface area contributed by atoms with Crippen LogP contribution in [-0.2, 0) is 0 Å². The number of benzene rings is 1. The molecule has 17 heavy (non-hydrogen) atoms.